The van der Waals surface area contributed by atoms with Gasteiger partial charge >= 0.3 is 0 Å². The Bertz CT molecular complexity index is 378. The molecule has 2 N–H and O–H groups in total. The van der Waals surface area contributed by atoms with Crippen LogP contribution in [0, 0.1) is 5.41 Å². The number of carbonyl (C=O) groups is 2. The summed E-state index contributed by atoms with van der Waals surface area (Å²) in [5, 5.41) is 0. The van der Waals surface area contributed by atoms with Crippen molar-refractivity contribution < 1.29 is 9.59 Å². The van der Waals surface area contributed by atoms with Crippen molar-refractivity contribution in [3.63, 3.8) is 0 Å². The molecule has 0 bridgehead atoms. The van der Waals surface area contributed by atoms with Crippen molar-refractivity contribution in [3.05, 3.63) is 0 Å². The van der Waals surface area contributed by atoms with Crippen LogP contribution in [0.5, 0.6) is 0 Å². The van der Waals surface area contributed by atoms with E-state index in [4.69, 9.17) is 5.73 Å². The predicted octanol–water partition coefficient (Wildman–Crippen LogP) is -0.0514. The van der Waals surface area contributed by atoms with Crippen LogP contribution in [0.1, 0.15) is 32.1 Å². The van der Waals surface area contributed by atoms with Crippen LogP contribution in [0.4, 0.5) is 0 Å². The highest BCUT2D eigenvalue weighted by molar-refractivity contribution is 5.95. The van der Waals surface area contributed by atoms with E-state index in [-0.39, 0.29) is 29.8 Å². The van der Waals surface area contributed by atoms with Crippen LogP contribution in [0.3, 0.4) is 0 Å². The molecule has 0 aromatic rings. The van der Waals surface area contributed by atoms with Gasteiger partial charge in [0.2, 0.25) is 11.8 Å². The maximum absolute atomic E-state index is 12.4. The van der Waals surface area contributed by atoms with Gasteiger partial charge in [-0.1, -0.05) is 0 Å². The average Bonchev–Trinajstić information content (AvgIpc) is 2.92. The van der Waals surface area contributed by atoms with Crippen LogP contribution in [-0.4, -0.2) is 53.8 Å². The van der Waals surface area contributed by atoms with E-state index < -0.39 is 0 Å². The Hall–Kier alpha value is -1.10. The van der Waals surface area contributed by atoms with Crippen LogP contribution in [-0.2, 0) is 9.59 Å². The van der Waals surface area contributed by atoms with Crippen molar-refractivity contribution in [2.45, 2.75) is 38.1 Å². The van der Waals surface area contributed by atoms with Gasteiger partial charge in [0.25, 0.3) is 0 Å². The third-order valence-electron chi connectivity index (χ3n) is 4.65. The number of hydrogen-bond acceptors (Lipinski definition) is 3. The molecule has 0 aromatic heterocycles. The maximum Gasteiger partial charge on any atom is 0.245 e. The van der Waals surface area contributed by atoms with Crippen molar-refractivity contribution >= 4 is 11.8 Å². The Kier molecular flexibility index (Phi) is 2.81. The fourth-order valence-electron chi connectivity index (χ4n) is 3.37. The second-order valence-electron chi connectivity index (χ2n) is 5.98. The summed E-state index contributed by atoms with van der Waals surface area (Å²) < 4.78 is 0. The minimum absolute atomic E-state index is 0.126. The number of fused-ring (bicyclic) bond motifs is 1. The fourth-order valence-corrected chi connectivity index (χ4v) is 3.37. The molecule has 3 aliphatic rings. The molecule has 3 fully saturated rings. The summed E-state index contributed by atoms with van der Waals surface area (Å²) in [6.07, 6.45) is 5.07. The molecule has 5 nitrogen and oxygen atoms in total. The Morgan fingerprint density at radius 3 is 2.78 bits per heavy atom. The second kappa shape index (κ2) is 4.23. The number of nitrogens with zero attached hydrogens (tertiary/aromatic N) is 2. The van der Waals surface area contributed by atoms with Gasteiger partial charge < -0.3 is 15.5 Å². The molecule has 1 unspecified atom stereocenters. The van der Waals surface area contributed by atoms with Crippen LogP contribution in [0.25, 0.3) is 0 Å². The lowest BCUT2D eigenvalue weighted by atomic mass is 10.0. The van der Waals surface area contributed by atoms with Crippen LogP contribution < -0.4 is 5.73 Å². The first-order chi connectivity index (χ1) is 8.65. The lowest BCUT2D eigenvalue weighted by Gasteiger charge is -2.38. The zero-order valence-electron chi connectivity index (χ0n) is 10.7. The SMILES string of the molecule is NCCC1(CN2CC(=O)N3CCCC3C2=O)CC1. The third kappa shape index (κ3) is 1.90. The van der Waals surface area contributed by atoms with Gasteiger partial charge in [-0.15, -0.1) is 0 Å². The van der Waals surface area contributed by atoms with Gasteiger partial charge in [0.1, 0.15) is 6.04 Å². The number of piperazine rings is 1. The molecule has 1 atom stereocenters. The quantitative estimate of drug-likeness (QED) is 0.761. The number of carbonyl (C=O) groups excluding carboxylic acids is 2. The van der Waals surface area contributed by atoms with Gasteiger partial charge in [-0.25, -0.2) is 0 Å². The summed E-state index contributed by atoms with van der Waals surface area (Å²) in [4.78, 5) is 27.9. The lowest BCUT2D eigenvalue weighted by Crippen LogP contribution is -2.58. The van der Waals surface area contributed by atoms with Crippen molar-refractivity contribution in [2.75, 3.05) is 26.2 Å². The number of hydrogen-bond donors (Lipinski definition) is 1. The summed E-state index contributed by atoms with van der Waals surface area (Å²) >= 11 is 0. The topological polar surface area (TPSA) is 66.6 Å². The minimum Gasteiger partial charge on any atom is -0.331 e. The Morgan fingerprint density at radius 1 is 1.33 bits per heavy atom. The molecular weight excluding hydrogens is 230 g/mol. The Morgan fingerprint density at radius 2 is 2.11 bits per heavy atom. The largest absolute Gasteiger partial charge is 0.331 e. The molecule has 0 spiro atoms. The minimum atomic E-state index is -0.167. The van der Waals surface area contributed by atoms with Gasteiger partial charge in [0, 0.05) is 13.1 Å². The Balaban J connectivity index is 1.69. The van der Waals surface area contributed by atoms with Gasteiger partial charge in [-0.3, -0.25) is 9.59 Å². The highest BCUT2D eigenvalue weighted by Gasteiger charge is 2.48. The monoisotopic (exact) mass is 251 g/mol. The van der Waals surface area contributed by atoms with Crippen LogP contribution in [0.15, 0.2) is 0 Å². The zero-order valence-corrected chi connectivity index (χ0v) is 10.7. The van der Waals surface area contributed by atoms with Gasteiger partial charge in [0.05, 0.1) is 6.54 Å². The normalized spacial score (nSPS) is 29.7. The summed E-state index contributed by atoms with van der Waals surface area (Å²) in [7, 11) is 0. The molecular formula is C13H21N3O2. The summed E-state index contributed by atoms with van der Waals surface area (Å²) in [6, 6.07) is -0.167. The summed E-state index contributed by atoms with van der Waals surface area (Å²) in [5.74, 6) is 0.288. The molecule has 1 saturated carbocycles. The molecule has 2 saturated heterocycles. The lowest BCUT2D eigenvalue weighted by molar-refractivity contribution is -0.154. The van der Waals surface area contributed by atoms with E-state index in [9.17, 15) is 9.59 Å². The highest BCUT2D eigenvalue weighted by Crippen LogP contribution is 2.49. The molecule has 2 heterocycles. The van der Waals surface area contributed by atoms with E-state index in [0.29, 0.717) is 6.54 Å². The molecule has 2 amide bonds. The predicted molar refractivity (Wildman–Crippen MR) is 66.7 cm³/mol. The third-order valence-corrected chi connectivity index (χ3v) is 4.65. The van der Waals surface area contributed by atoms with E-state index in [1.165, 1.54) is 0 Å². The fraction of sp³-hybridized carbons (Fsp3) is 0.846. The van der Waals surface area contributed by atoms with E-state index >= 15 is 0 Å². The van der Waals surface area contributed by atoms with Crippen molar-refractivity contribution in [2.24, 2.45) is 11.1 Å². The van der Waals surface area contributed by atoms with Crippen LogP contribution >= 0.6 is 0 Å². The first kappa shape index (κ1) is 12.0. The van der Waals surface area contributed by atoms with Gasteiger partial charge in [-0.2, -0.15) is 0 Å². The van der Waals surface area contributed by atoms with E-state index in [0.717, 1.165) is 45.2 Å². The van der Waals surface area contributed by atoms with Gasteiger partial charge in [0.15, 0.2) is 0 Å². The van der Waals surface area contributed by atoms with Crippen molar-refractivity contribution in [1.82, 2.24) is 9.80 Å². The molecule has 0 radical (unpaired) electrons. The first-order valence-corrected chi connectivity index (χ1v) is 6.94. The highest BCUT2D eigenvalue weighted by atomic mass is 16.2. The second-order valence-corrected chi connectivity index (χ2v) is 5.98. The van der Waals surface area contributed by atoms with E-state index in [2.05, 4.69) is 0 Å². The maximum atomic E-state index is 12.4. The molecule has 18 heavy (non-hydrogen) atoms. The van der Waals surface area contributed by atoms with E-state index in [1.807, 2.05) is 0 Å². The first-order valence-electron chi connectivity index (χ1n) is 6.94. The summed E-state index contributed by atoms with van der Waals surface area (Å²) in [6.45, 7) is 2.45. The number of rotatable bonds is 4. The van der Waals surface area contributed by atoms with Crippen LogP contribution in [0.2, 0.25) is 0 Å². The molecule has 5 heteroatoms. The summed E-state index contributed by atoms with van der Waals surface area (Å²) in [5.41, 5.74) is 5.86. The molecule has 0 aromatic carbocycles. The molecule has 2 aliphatic heterocycles. The average molecular weight is 251 g/mol. The molecule has 1 aliphatic carbocycles. The zero-order chi connectivity index (χ0) is 12.8. The number of nitrogens with two attached hydrogens (primary N) is 1. The Labute approximate surface area is 107 Å². The number of amides is 2. The molecule has 100 valence electrons. The van der Waals surface area contributed by atoms with Crippen molar-refractivity contribution in [3.8, 4) is 0 Å². The molecule has 3 rings (SSSR count). The smallest absolute Gasteiger partial charge is 0.245 e. The van der Waals surface area contributed by atoms with E-state index in [1.54, 1.807) is 9.80 Å². The van der Waals surface area contributed by atoms with Crippen molar-refractivity contribution in [1.29, 1.82) is 0 Å². The van der Waals surface area contributed by atoms with Gasteiger partial charge in [-0.05, 0) is 44.1 Å². The standard InChI is InChI=1S/C13H21N3O2/c14-6-5-13(3-4-13)9-15-8-11(17)16-7-1-2-10(16)12(15)18/h10H,1-9,14H2.